The molecular formula is C31H43ClN4O6. The lowest BCUT2D eigenvalue weighted by molar-refractivity contribution is -0.136. The van der Waals surface area contributed by atoms with Crippen molar-refractivity contribution in [1.29, 1.82) is 0 Å². The van der Waals surface area contributed by atoms with Crippen LogP contribution in [0.1, 0.15) is 73.0 Å². The molecule has 3 amide bonds. The summed E-state index contributed by atoms with van der Waals surface area (Å²) in [4.78, 5) is 38.2. The van der Waals surface area contributed by atoms with Crippen molar-refractivity contribution in [2.75, 3.05) is 44.9 Å². The molecular weight excluding hydrogens is 560 g/mol. The van der Waals surface area contributed by atoms with Crippen molar-refractivity contribution in [2.45, 2.75) is 64.1 Å². The van der Waals surface area contributed by atoms with Gasteiger partial charge in [-0.1, -0.05) is 24.6 Å². The molecule has 0 radical (unpaired) electrons. The van der Waals surface area contributed by atoms with E-state index < -0.39 is 11.9 Å². The molecule has 2 aliphatic heterocycles. The topological polar surface area (TPSA) is 132 Å². The largest absolute Gasteiger partial charge is 0.494 e. The van der Waals surface area contributed by atoms with Crippen molar-refractivity contribution in [3.8, 4) is 5.75 Å². The molecule has 4 N–H and O–H groups in total. The van der Waals surface area contributed by atoms with Crippen LogP contribution in [0.25, 0.3) is 0 Å². The maximum atomic E-state index is 12.9. The van der Waals surface area contributed by atoms with E-state index in [1.165, 1.54) is 0 Å². The Hall–Kier alpha value is -3.18. The second-order valence-corrected chi connectivity index (χ2v) is 10.5. The number of nitrogens with zero attached hydrogens (tertiary/aromatic N) is 1. The monoisotopic (exact) mass is 602 g/mol. The minimum Gasteiger partial charge on any atom is -0.494 e. The summed E-state index contributed by atoms with van der Waals surface area (Å²) in [5.41, 5.74) is 9.32. The van der Waals surface area contributed by atoms with Crippen LogP contribution in [0.15, 0.2) is 42.5 Å². The number of hydrogen-bond acceptors (Lipinski definition) is 8. The van der Waals surface area contributed by atoms with E-state index in [1.807, 2.05) is 43.3 Å². The molecule has 2 atom stereocenters. The molecule has 230 valence electrons. The summed E-state index contributed by atoms with van der Waals surface area (Å²) >= 11 is 0. The van der Waals surface area contributed by atoms with Gasteiger partial charge in [0.25, 0.3) is 5.91 Å². The summed E-state index contributed by atoms with van der Waals surface area (Å²) < 4.78 is 17.2. The van der Waals surface area contributed by atoms with Gasteiger partial charge < -0.3 is 30.2 Å². The van der Waals surface area contributed by atoms with Crippen molar-refractivity contribution in [2.24, 2.45) is 5.73 Å². The molecule has 2 aromatic carbocycles. The van der Waals surface area contributed by atoms with E-state index in [9.17, 15) is 14.4 Å². The second kappa shape index (κ2) is 17.1. The van der Waals surface area contributed by atoms with E-state index in [1.54, 1.807) is 11.0 Å². The highest BCUT2D eigenvalue weighted by atomic mass is 35.5. The number of piperidine rings is 1. The van der Waals surface area contributed by atoms with E-state index in [2.05, 4.69) is 10.6 Å². The van der Waals surface area contributed by atoms with Gasteiger partial charge in [-0.25, -0.2) is 0 Å². The van der Waals surface area contributed by atoms with Gasteiger partial charge in [0.1, 0.15) is 11.8 Å². The number of anilines is 1. The number of hydrogen-bond donors (Lipinski definition) is 3. The van der Waals surface area contributed by atoms with Gasteiger partial charge in [-0.3, -0.25) is 19.7 Å². The van der Waals surface area contributed by atoms with Crippen LogP contribution < -0.4 is 21.1 Å². The van der Waals surface area contributed by atoms with Crippen molar-refractivity contribution < 1.29 is 28.6 Å². The number of ether oxygens (including phenoxy) is 3. The highest BCUT2D eigenvalue weighted by Crippen LogP contribution is 2.32. The molecule has 2 heterocycles. The first-order valence-electron chi connectivity index (χ1n) is 14.6. The zero-order valence-corrected chi connectivity index (χ0v) is 25.1. The number of nitrogens with two attached hydrogens (primary N) is 1. The first-order chi connectivity index (χ1) is 19.9. The van der Waals surface area contributed by atoms with Gasteiger partial charge in [-0.15, -0.1) is 12.4 Å². The number of nitrogens with one attached hydrogen (secondary N) is 2. The third-order valence-corrected chi connectivity index (χ3v) is 7.35. The summed E-state index contributed by atoms with van der Waals surface area (Å²) in [6.07, 6.45) is 4.80. The van der Waals surface area contributed by atoms with Gasteiger partial charge in [0, 0.05) is 49.0 Å². The maximum absolute atomic E-state index is 12.9. The van der Waals surface area contributed by atoms with Crippen LogP contribution in [-0.2, 0) is 25.6 Å². The zero-order chi connectivity index (χ0) is 29.0. The minimum absolute atomic E-state index is 0. The van der Waals surface area contributed by atoms with Crippen LogP contribution in [-0.4, -0.2) is 68.2 Å². The van der Waals surface area contributed by atoms with E-state index in [-0.39, 0.29) is 36.7 Å². The average Bonchev–Trinajstić information content (AvgIpc) is 3.30. The Morgan fingerprint density at radius 2 is 1.71 bits per heavy atom. The number of carbonyl (C=O) groups is 3. The van der Waals surface area contributed by atoms with Gasteiger partial charge in [0.2, 0.25) is 11.8 Å². The number of rotatable bonds is 17. The molecule has 1 saturated heterocycles. The molecule has 1 fully saturated rings. The van der Waals surface area contributed by atoms with E-state index in [0.717, 1.165) is 48.2 Å². The Morgan fingerprint density at radius 3 is 2.48 bits per heavy atom. The summed E-state index contributed by atoms with van der Waals surface area (Å²) in [5.74, 6) is -0.000554. The molecule has 2 unspecified atom stereocenters. The Labute approximate surface area is 254 Å². The lowest BCUT2D eigenvalue weighted by Gasteiger charge is -2.29. The zero-order valence-electron chi connectivity index (χ0n) is 24.3. The molecule has 2 aliphatic rings. The third kappa shape index (κ3) is 9.42. The van der Waals surface area contributed by atoms with Crippen LogP contribution in [0, 0.1) is 0 Å². The summed E-state index contributed by atoms with van der Waals surface area (Å²) in [5, 5.41) is 5.68. The highest BCUT2D eigenvalue weighted by molar-refractivity contribution is 6.06. The van der Waals surface area contributed by atoms with E-state index >= 15 is 0 Å². The number of amides is 3. The molecule has 0 bridgehead atoms. The fraction of sp³-hybridized carbons (Fsp3) is 0.516. The fourth-order valence-electron chi connectivity index (χ4n) is 5.07. The number of fused-ring (bicyclic) bond motifs is 1. The van der Waals surface area contributed by atoms with E-state index in [4.69, 9.17) is 19.9 Å². The predicted octanol–water partition coefficient (Wildman–Crippen LogP) is 3.97. The van der Waals surface area contributed by atoms with Crippen LogP contribution >= 0.6 is 12.4 Å². The standard InChI is InChI=1S/C31H42N4O6.ClH/c1-22(32)23-8-6-9-24(20-23)41-16-5-3-2-4-15-39-18-19-40-17-14-33-27-11-7-10-25-26(27)21-35(31(25)38)28-12-13-29(36)34-30(28)37;/h6-11,20,22,28,33H,2-5,12-19,21,32H2,1H3,(H,34,36,37);1H. The van der Waals surface area contributed by atoms with Gasteiger partial charge >= 0.3 is 0 Å². The maximum Gasteiger partial charge on any atom is 0.255 e. The van der Waals surface area contributed by atoms with Crippen LogP contribution in [0.5, 0.6) is 5.75 Å². The molecule has 4 rings (SSSR count). The molecule has 11 heteroatoms. The Balaban J connectivity index is 0.00000484. The van der Waals surface area contributed by atoms with Crippen LogP contribution in [0.3, 0.4) is 0 Å². The van der Waals surface area contributed by atoms with Gasteiger partial charge in [-0.05, 0) is 62.4 Å². The average molecular weight is 603 g/mol. The first kappa shape index (κ1) is 33.3. The molecule has 0 saturated carbocycles. The first-order valence-corrected chi connectivity index (χ1v) is 14.6. The summed E-state index contributed by atoms with van der Waals surface area (Å²) in [6, 6.07) is 12.9. The van der Waals surface area contributed by atoms with Crippen molar-refractivity contribution >= 4 is 35.8 Å². The predicted molar refractivity (Wildman–Crippen MR) is 163 cm³/mol. The Bertz CT molecular complexity index is 1190. The van der Waals surface area contributed by atoms with Gasteiger partial charge in [-0.2, -0.15) is 0 Å². The van der Waals surface area contributed by atoms with Gasteiger partial charge in [0.05, 0.1) is 26.4 Å². The normalized spacial score (nSPS) is 17.0. The number of imide groups is 1. The van der Waals surface area contributed by atoms with Crippen molar-refractivity contribution in [3.05, 3.63) is 59.2 Å². The Kier molecular flexibility index (Phi) is 13.5. The minimum atomic E-state index is -0.619. The summed E-state index contributed by atoms with van der Waals surface area (Å²) in [7, 11) is 0. The lowest BCUT2D eigenvalue weighted by Crippen LogP contribution is -2.52. The molecule has 0 aromatic heterocycles. The van der Waals surface area contributed by atoms with E-state index in [0.29, 0.717) is 58.1 Å². The molecule has 0 spiro atoms. The van der Waals surface area contributed by atoms with Crippen LogP contribution in [0.4, 0.5) is 5.69 Å². The second-order valence-electron chi connectivity index (χ2n) is 10.5. The number of benzene rings is 2. The highest BCUT2D eigenvalue weighted by Gasteiger charge is 2.39. The summed E-state index contributed by atoms with van der Waals surface area (Å²) in [6.45, 7) is 5.88. The number of carbonyl (C=O) groups excluding carboxylic acids is 3. The lowest BCUT2D eigenvalue weighted by atomic mass is 10.0. The van der Waals surface area contributed by atoms with Crippen molar-refractivity contribution in [1.82, 2.24) is 10.2 Å². The Morgan fingerprint density at radius 1 is 0.976 bits per heavy atom. The quantitative estimate of drug-likeness (QED) is 0.183. The molecule has 42 heavy (non-hydrogen) atoms. The smallest absolute Gasteiger partial charge is 0.255 e. The SMILES string of the molecule is CC(N)c1cccc(OCCCCCCOCCOCCNc2cccc3c2CN(C2CCC(=O)NC2=O)C3=O)c1.Cl. The number of halogens is 1. The molecule has 2 aromatic rings. The molecule has 0 aliphatic carbocycles. The third-order valence-electron chi connectivity index (χ3n) is 7.35. The van der Waals surface area contributed by atoms with Crippen LogP contribution in [0.2, 0.25) is 0 Å². The van der Waals surface area contributed by atoms with Gasteiger partial charge in [0.15, 0.2) is 0 Å². The van der Waals surface area contributed by atoms with Crippen molar-refractivity contribution in [3.63, 3.8) is 0 Å². The fourth-order valence-corrected chi connectivity index (χ4v) is 5.07. The number of unbranched alkanes of at least 4 members (excludes halogenated alkanes) is 3. The molecule has 10 nitrogen and oxygen atoms in total.